The normalized spacial score (nSPS) is 15.9. The molecule has 2 aliphatic rings. The molecule has 0 atom stereocenters. The molecule has 3 aromatic heterocycles. The number of aromatic nitrogens is 4. The molecule has 5 rings (SSSR count). The van der Waals surface area contributed by atoms with Gasteiger partial charge in [0.25, 0.3) is 0 Å². The Hall–Kier alpha value is -3.53. The summed E-state index contributed by atoms with van der Waals surface area (Å²) in [4.78, 5) is 20.8. The Balaban J connectivity index is 1.26. The lowest BCUT2D eigenvalue weighted by Gasteiger charge is -2.35. The first kappa shape index (κ1) is 21.3. The maximum absolute atomic E-state index is 12.8. The van der Waals surface area contributed by atoms with Crippen LogP contribution in [0.1, 0.15) is 28.3 Å². The van der Waals surface area contributed by atoms with Crippen LogP contribution >= 0.6 is 0 Å². The number of rotatable bonds is 4. The predicted octanol–water partition coefficient (Wildman–Crippen LogP) is 2.53. The Labute approximate surface area is 191 Å². The number of pyridine rings is 1. The van der Waals surface area contributed by atoms with Crippen molar-refractivity contribution < 1.29 is 18.8 Å². The van der Waals surface area contributed by atoms with Crippen LogP contribution in [0.4, 0.5) is 4.79 Å². The Bertz CT molecular complexity index is 1140. The van der Waals surface area contributed by atoms with Crippen LogP contribution in [0.15, 0.2) is 28.9 Å². The molecule has 2 aliphatic heterocycles. The van der Waals surface area contributed by atoms with Crippen LogP contribution < -0.4 is 4.74 Å². The first-order valence-corrected chi connectivity index (χ1v) is 11.1. The summed E-state index contributed by atoms with van der Waals surface area (Å²) in [6.07, 6.45) is 2.49. The van der Waals surface area contributed by atoms with Crippen molar-refractivity contribution in [1.82, 2.24) is 30.1 Å². The number of morpholine rings is 1. The molecule has 1 saturated heterocycles. The average Bonchev–Trinajstić information content (AvgIpc) is 3.23. The molecular weight excluding hydrogens is 424 g/mol. The predicted molar refractivity (Wildman–Crippen MR) is 117 cm³/mol. The molecule has 1 fully saturated rings. The third-order valence-corrected chi connectivity index (χ3v) is 6.02. The van der Waals surface area contributed by atoms with Crippen LogP contribution in [-0.4, -0.2) is 69.0 Å². The van der Waals surface area contributed by atoms with E-state index in [1.165, 1.54) is 0 Å². The van der Waals surface area contributed by atoms with Crippen molar-refractivity contribution in [2.45, 2.75) is 33.4 Å². The van der Waals surface area contributed by atoms with Gasteiger partial charge in [-0.15, -0.1) is 10.2 Å². The Kier molecular flexibility index (Phi) is 5.91. The SMILES string of the molecule is Cc1ccc(-c2noc(C)c2COc2cc3c(nn2)CN(C(=O)N2CCOCC2)CC3)cn1. The zero-order chi connectivity index (χ0) is 22.8. The van der Waals surface area contributed by atoms with E-state index in [1.807, 2.05) is 41.8 Å². The van der Waals surface area contributed by atoms with Gasteiger partial charge in [-0.1, -0.05) is 5.16 Å². The highest BCUT2D eigenvalue weighted by atomic mass is 16.5. The fourth-order valence-electron chi connectivity index (χ4n) is 4.03. The Morgan fingerprint density at radius 1 is 1.12 bits per heavy atom. The number of hydrogen-bond donors (Lipinski definition) is 0. The molecule has 0 unspecified atom stereocenters. The number of nitrogens with zero attached hydrogens (tertiary/aromatic N) is 6. The molecule has 0 spiro atoms. The monoisotopic (exact) mass is 450 g/mol. The van der Waals surface area contributed by atoms with Gasteiger partial charge >= 0.3 is 6.03 Å². The molecule has 2 amide bonds. The third-order valence-electron chi connectivity index (χ3n) is 6.02. The molecule has 33 heavy (non-hydrogen) atoms. The summed E-state index contributed by atoms with van der Waals surface area (Å²) in [6, 6.07) is 5.85. The number of hydrogen-bond acceptors (Lipinski definition) is 8. The van der Waals surface area contributed by atoms with Crippen molar-refractivity contribution >= 4 is 6.03 Å². The lowest BCUT2D eigenvalue weighted by Crippen LogP contribution is -2.49. The number of carbonyl (C=O) groups excluding carboxylic acids is 1. The number of amides is 2. The third kappa shape index (κ3) is 4.51. The lowest BCUT2D eigenvalue weighted by molar-refractivity contribution is 0.0419. The highest BCUT2D eigenvalue weighted by Crippen LogP contribution is 2.27. The van der Waals surface area contributed by atoms with Crippen molar-refractivity contribution in [2.24, 2.45) is 0 Å². The van der Waals surface area contributed by atoms with E-state index in [4.69, 9.17) is 14.0 Å². The van der Waals surface area contributed by atoms with Gasteiger partial charge in [-0.2, -0.15) is 0 Å². The maximum atomic E-state index is 12.8. The minimum atomic E-state index is 0.0344. The van der Waals surface area contributed by atoms with Crippen molar-refractivity contribution in [3.63, 3.8) is 0 Å². The first-order valence-electron chi connectivity index (χ1n) is 11.1. The van der Waals surface area contributed by atoms with Crippen molar-refractivity contribution in [3.8, 4) is 17.1 Å². The molecule has 10 nitrogen and oxygen atoms in total. The van der Waals surface area contributed by atoms with E-state index in [9.17, 15) is 4.79 Å². The quantitative estimate of drug-likeness (QED) is 0.597. The summed E-state index contributed by atoms with van der Waals surface area (Å²) < 4.78 is 16.7. The molecule has 0 radical (unpaired) electrons. The van der Waals surface area contributed by atoms with E-state index in [-0.39, 0.29) is 12.6 Å². The number of aryl methyl sites for hydroxylation is 2. The number of carbonyl (C=O) groups is 1. The molecular formula is C23H26N6O4. The lowest BCUT2D eigenvalue weighted by atomic mass is 10.1. The van der Waals surface area contributed by atoms with Gasteiger partial charge in [-0.25, -0.2) is 4.79 Å². The summed E-state index contributed by atoms with van der Waals surface area (Å²) in [5.41, 5.74) is 5.23. The summed E-state index contributed by atoms with van der Waals surface area (Å²) in [6.45, 7) is 7.58. The Morgan fingerprint density at radius 2 is 1.97 bits per heavy atom. The van der Waals surface area contributed by atoms with E-state index in [0.717, 1.165) is 28.1 Å². The average molecular weight is 450 g/mol. The van der Waals surface area contributed by atoms with Gasteiger partial charge in [0.05, 0.1) is 31.0 Å². The zero-order valence-corrected chi connectivity index (χ0v) is 18.8. The summed E-state index contributed by atoms with van der Waals surface area (Å²) in [5.74, 6) is 1.13. The Morgan fingerprint density at radius 3 is 2.76 bits per heavy atom. The van der Waals surface area contributed by atoms with Crippen LogP contribution in [0, 0.1) is 13.8 Å². The van der Waals surface area contributed by atoms with Crippen LogP contribution in [0.25, 0.3) is 11.3 Å². The summed E-state index contributed by atoms with van der Waals surface area (Å²) in [5, 5.41) is 12.8. The molecule has 0 N–H and O–H groups in total. The fraction of sp³-hybridized carbons (Fsp3) is 0.435. The van der Waals surface area contributed by atoms with E-state index >= 15 is 0 Å². The van der Waals surface area contributed by atoms with Crippen LogP contribution in [-0.2, 0) is 24.3 Å². The molecule has 3 aromatic rings. The highest BCUT2D eigenvalue weighted by molar-refractivity contribution is 5.75. The minimum absolute atomic E-state index is 0.0344. The number of urea groups is 1. The molecule has 0 aromatic carbocycles. The molecule has 0 saturated carbocycles. The molecule has 0 aliphatic carbocycles. The second-order valence-corrected chi connectivity index (χ2v) is 8.25. The topological polar surface area (TPSA) is 107 Å². The van der Waals surface area contributed by atoms with Gasteiger partial charge in [-0.05, 0) is 38.0 Å². The van der Waals surface area contributed by atoms with E-state index in [1.54, 1.807) is 6.20 Å². The van der Waals surface area contributed by atoms with Crippen LogP contribution in [0.2, 0.25) is 0 Å². The zero-order valence-electron chi connectivity index (χ0n) is 18.8. The van der Waals surface area contributed by atoms with E-state index in [0.29, 0.717) is 63.1 Å². The second kappa shape index (κ2) is 9.14. The standard InChI is InChI=1S/C23H26N6O4/c1-15-3-4-18(12-24-15)22-19(16(2)33-27-22)14-32-21-11-17-5-6-29(13-20(17)25-26-21)23(30)28-7-9-31-10-8-28/h3-4,11-12H,5-10,13-14H2,1-2H3. The van der Waals surface area contributed by atoms with E-state index in [2.05, 4.69) is 20.3 Å². The van der Waals surface area contributed by atoms with Gasteiger partial charge in [-0.3, -0.25) is 4.98 Å². The largest absolute Gasteiger partial charge is 0.471 e. The van der Waals surface area contributed by atoms with E-state index < -0.39 is 0 Å². The second-order valence-electron chi connectivity index (χ2n) is 8.25. The van der Waals surface area contributed by atoms with Gasteiger partial charge < -0.3 is 23.8 Å². The molecule has 0 bridgehead atoms. The number of ether oxygens (including phenoxy) is 2. The van der Waals surface area contributed by atoms with Crippen LogP contribution in [0.3, 0.4) is 0 Å². The van der Waals surface area contributed by atoms with Gasteiger partial charge in [0.1, 0.15) is 18.1 Å². The molecule has 172 valence electrons. The van der Waals surface area contributed by atoms with Crippen molar-refractivity contribution in [1.29, 1.82) is 0 Å². The van der Waals surface area contributed by atoms with Gasteiger partial charge in [0.2, 0.25) is 5.88 Å². The fourth-order valence-corrected chi connectivity index (χ4v) is 4.03. The van der Waals surface area contributed by atoms with Gasteiger partial charge in [0.15, 0.2) is 0 Å². The molecule has 10 heteroatoms. The van der Waals surface area contributed by atoms with Gasteiger partial charge in [0, 0.05) is 43.2 Å². The summed E-state index contributed by atoms with van der Waals surface area (Å²) in [7, 11) is 0. The minimum Gasteiger partial charge on any atom is -0.471 e. The summed E-state index contributed by atoms with van der Waals surface area (Å²) >= 11 is 0. The van der Waals surface area contributed by atoms with Crippen molar-refractivity contribution in [3.05, 3.63) is 52.7 Å². The van der Waals surface area contributed by atoms with Crippen LogP contribution in [0.5, 0.6) is 5.88 Å². The van der Waals surface area contributed by atoms with Crippen molar-refractivity contribution in [2.75, 3.05) is 32.8 Å². The smallest absolute Gasteiger partial charge is 0.320 e. The number of fused-ring (bicyclic) bond motifs is 1. The maximum Gasteiger partial charge on any atom is 0.320 e. The first-order chi connectivity index (χ1) is 16.1. The highest BCUT2D eigenvalue weighted by Gasteiger charge is 2.27. The molecule has 5 heterocycles.